The van der Waals surface area contributed by atoms with Gasteiger partial charge in [0.05, 0.1) is 6.04 Å². The zero-order valence-corrected chi connectivity index (χ0v) is 10.3. The van der Waals surface area contributed by atoms with Gasteiger partial charge in [-0.05, 0) is 26.3 Å². The number of hydrogen-bond donors (Lipinski definition) is 2. The van der Waals surface area contributed by atoms with Gasteiger partial charge in [-0.1, -0.05) is 18.2 Å². The van der Waals surface area contributed by atoms with Crippen molar-refractivity contribution >= 4 is 6.09 Å². The normalized spacial score (nSPS) is 23.3. The van der Waals surface area contributed by atoms with Crippen molar-refractivity contribution in [3.8, 4) is 0 Å². The summed E-state index contributed by atoms with van der Waals surface area (Å²) < 4.78 is 13.6. The average Bonchev–Trinajstić information content (AvgIpc) is 2.25. The van der Waals surface area contributed by atoms with Gasteiger partial charge in [0.25, 0.3) is 0 Å². The van der Waals surface area contributed by atoms with Crippen LogP contribution in [0.2, 0.25) is 0 Å². The molecular formula is C13H16FNO3. The number of amides is 1. The topological polar surface area (TPSA) is 60.8 Å². The fraction of sp³-hybridized carbons (Fsp3) is 0.462. The minimum absolute atomic E-state index is 0.143. The predicted molar refractivity (Wildman–Crippen MR) is 63.7 cm³/mol. The molecule has 1 heterocycles. The second-order valence-corrected chi connectivity index (χ2v) is 5.20. The van der Waals surface area contributed by atoms with Crippen LogP contribution in [-0.2, 0) is 0 Å². The monoisotopic (exact) mass is 253 g/mol. The molecule has 1 amide bonds. The van der Waals surface area contributed by atoms with Crippen molar-refractivity contribution in [1.29, 1.82) is 0 Å². The van der Waals surface area contributed by atoms with Gasteiger partial charge in [-0.2, -0.15) is 0 Å². The molecule has 2 atom stereocenters. The van der Waals surface area contributed by atoms with E-state index in [4.69, 9.17) is 5.11 Å². The van der Waals surface area contributed by atoms with Crippen LogP contribution >= 0.6 is 0 Å². The number of nitrogens with zero attached hydrogens (tertiary/aromatic N) is 1. The molecule has 1 aromatic rings. The number of carbonyl (C=O) groups is 1. The Kier molecular flexibility index (Phi) is 3.02. The summed E-state index contributed by atoms with van der Waals surface area (Å²) in [5, 5.41) is 19.3. The van der Waals surface area contributed by atoms with Gasteiger partial charge in [-0.25, -0.2) is 9.18 Å². The Morgan fingerprint density at radius 2 is 2.11 bits per heavy atom. The van der Waals surface area contributed by atoms with Crippen molar-refractivity contribution < 1.29 is 19.4 Å². The van der Waals surface area contributed by atoms with Crippen molar-refractivity contribution in [2.24, 2.45) is 0 Å². The molecule has 1 aliphatic heterocycles. The highest BCUT2D eigenvalue weighted by molar-refractivity contribution is 5.68. The molecule has 0 bridgehead atoms. The molecule has 2 N–H and O–H groups in total. The molecule has 0 aromatic heterocycles. The molecule has 98 valence electrons. The van der Waals surface area contributed by atoms with Crippen LogP contribution in [0.1, 0.15) is 31.9 Å². The number of aliphatic hydroxyl groups is 1. The van der Waals surface area contributed by atoms with Crippen molar-refractivity contribution in [2.45, 2.75) is 38.0 Å². The third kappa shape index (κ3) is 1.95. The molecule has 1 aromatic carbocycles. The van der Waals surface area contributed by atoms with E-state index in [9.17, 15) is 14.3 Å². The summed E-state index contributed by atoms with van der Waals surface area (Å²) in [6.45, 7) is 3.57. The van der Waals surface area contributed by atoms with E-state index in [2.05, 4.69) is 0 Å². The van der Waals surface area contributed by atoms with Gasteiger partial charge in [0, 0.05) is 11.1 Å². The Morgan fingerprint density at radius 3 is 2.61 bits per heavy atom. The van der Waals surface area contributed by atoms with E-state index in [1.807, 2.05) is 0 Å². The zero-order valence-electron chi connectivity index (χ0n) is 10.3. The largest absolute Gasteiger partial charge is 0.465 e. The first kappa shape index (κ1) is 12.8. The maximum absolute atomic E-state index is 13.6. The highest BCUT2D eigenvalue weighted by Crippen LogP contribution is 2.42. The van der Waals surface area contributed by atoms with Crippen LogP contribution in [0.25, 0.3) is 0 Å². The summed E-state index contributed by atoms with van der Waals surface area (Å²) in [6.07, 6.45) is -1.71. The van der Waals surface area contributed by atoms with Gasteiger partial charge in [0.2, 0.25) is 0 Å². The van der Waals surface area contributed by atoms with Crippen molar-refractivity contribution in [1.82, 2.24) is 4.90 Å². The minimum atomic E-state index is -1.13. The van der Waals surface area contributed by atoms with E-state index < -0.39 is 29.6 Å². The van der Waals surface area contributed by atoms with E-state index in [1.54, 1.807) is 19.9 Å². The van der Waals surface area contributed by atoms with E-state index >= 15 is 0 Å². The zero-order chi connectivity index (χ0) is 13.5. The maximum atomic E-state index is 13.6. The van der Waals surface area contributed by atoms with Gasteiger partial charge in [-0.15, -0.1) is 0 Å². The summed E-state index contributed by atoms with van der Waals surface area (Å²) in [6, 6.07) is 5.30. The standard InChI is InChI=1S/C13H16FNO3/c1-13(2)7-10(15(13)12(17)18)11(16)8-5-3-4-6-9(8)14/h3-6,10-11,16H,7H2,1-2H3,(H,17,18)/t10?,11-/m0/s1. The number of halogens is 1. The number of hydrogen-bond acceptors (Lipinski definition) is 2. The molecule has 1 saturated heterocycles. The molecule has 1 unspecified atom stereocenters. The van der Waals surface area contributed by atoms with Crippen LogP contribution < -0.4 is 0 Å². The summed E-state index contributed by atoms with van der Waals surface area (Å²) in [5.41, 5.74) is -0.368. The van der Waals surface area contributed by atoms with Gasteiger partial charge >= 0.3 is 6.09 Å². The molecule has 0 radical (unpaired) electrons. The molecule has 18 heavy (non-hydrogen) atoms. The van der Waals surface area contributed by atoms with Crippen LogP contribution in [0.4, 0.5) is 9.18 Å². The van der Waals surface area contributed by atoms with Gasteiger partial charge in [-0.3, -0.25) is 4.90 Å². The molecule has 1 fully saturated rings. The molecule has 0 aliphatic carbocycles. The van der Waals surface area contributed by atoms with Crippen molar-refractivity contribution in [3.63, 3.8) is 0 Å². The Hall–Kier alpha value is -1.62. The highest BCUT2D eigenvalue weighted by Gasteiger charge is 2.51. The van der Waals surface area contributed by atoms with Crippen LogP contribution in [0, 0.1) is 5.82 Å². The predicted octanol–water partition coefficient (Wildman–Crippen LogP) is 2.39. The first-order valence-corrected chi connectivity index (χ1v) is 5.79. The maximum Gasteiger partial charge on any atom is 0.408 e. The van der Waals surface area contributed by atoms with Crippen LogP contribution in [0.3, 0.4) is 0 Å². The fourth-order valence-electron chi connectivity index (χ4n) is 2.61. The van der Waals surface area contributed by atoms with E-state index in [0.29, 0.717) is 6.42 Å². The Morgan fingerprint density at radius 1 is 1.50 bits per heavy atom. The number of benzene rings is 1. The third-order valence-corrected chi connectivity index (χ3v) is 3.49. The smallest absolute Gasteiger partial charge is 0.408 e. The summed E-state index contributed by atoms with van der Waals surface area (Å²) in [5.74, 6) is -0.514. The number of carboxylic acid groups (broad SMARTS) is 1. The highest BCUT2D eigenvalue weighted by atomic mass is 19.1. The summed E-state index contributed by atoms with van der Waals surface area (Å²) in [7, 11) is 0. The lowest BCUT2D eigenvalue weighted by molar-refractivity contribution is -0.0860. The van der Waals surface area contributed by atoms with E-state index in [-0.39, 0.29) is 5.56 Å². The quantitative estimate of drug-likeness (QED) is 0.850. The molecule has 0 spiro atoms. The Labute approximate surface area is 105 Å². The lowest BCUT2D eigenvalue weighted by Gasteiger charge is -2.54. The summed E-state index contributed by atoms with van der Waals surface area (Å²) >= 11 is 0. The second-order valence-electron chi connectivity index (χ2n) is 5.20. The molecule has 5 heteroatoms. The average molecular weight is 253 g/mol. The molecule has 1 aliphatic rings. The first-order valence-electron chi connectivity index (χ1n) is 5.79. The van der Waals surface area contributed by atoms with E-state index in [0.717, 1.165) is 0 Å². The van der Waals surface area contributed by atoms with Gasteiger partial charge in [0.15, 0.2) is 0 Å². The van der Waals surface area contributed by atoms with Crippen molar-refractivity contribution in [2.75, 3.05) is 0 Å². The van der Waals surface area contributed by atoms with Crippen LogP contribution in [0.5, 0.6) is 0 Å². The minimum Gasteiger partial charge on any atom is -0.465 e. The number of rotatable bonds is 2. The lowest BCUT2D eigenvalue weighted by Crippen LogP contribution is -2.66. The van der Waals surface area contributed by atoms with Gasteiger partial charge in [0.1, 0.15) is 11.9 Å². The van der Waals surface area contributed by atoms with Gasteiger partial charge < -0.3 is 10.2 Å². The molecule has 2 rings (SSSR count). The van der Waals surface area contributed by atoms with E-state index in [1.165, 1.54) is 23.1 Å². The van der Waals surface area contributed by atoms with Crippen LogP contribution in [0.15, 0.2) is 24.3 Å². The molecule has 0 saturated carbocycles. The molecular weight excluding hydrogens is 237 g/mol. The Balaban J connectivity index is 2.24. The summed E-state index contributed by atoms with van der Waals surface area (Å²) in [4.78, 5) is 12.3. The molecule has 4 nitrogen and oxygen atoms in total. The lowest BCUT2D eigenvalue weighted by atomic mass is 9.77. The Bertz CT molecular complexity index is 475. The van der Waals surface area contributed by atoms with Crippen molar-refractivity contribution in [3.05, 3.63) is 35.6 Å². The second kappa shape index (κ2) is 4.24. The third-order valence-electron chi connectivity index (χ3n) is 3.49. The fourth-order valence-corrected chi connectivity index (χ4v) is 2.61. The SMILES string of the molecule is CC1(C)CC([C@@H](O)c2ccccc2F)N1C(=O)O. The number of likely N-dealkylation sites (tertiary alicyclic amines) is 1. The van der Waals surface area contributed by atoms with Crippen LogP contribution in [-0.4, -0.2) is 32.8 Å². The number of aliphatic hydroxyl groups excluding tert-OH is 1. The first-order chi connectivity index (χ1) is 8.34.